The Labute approximate surface area is 101 Å². The van der Waals surface area contributed by atoms with Gasteiger partial charge in [-0.15, -0.1) is 0 Å². The third-order valence-corrected chi connectivity index (χ3v) is 1.69. The van der Waals surface area contributed by atoms with Crippen LogP contribution in [-0.2, 0) is 10.4 Å². The van der Waals surface area contributed by atoms with Crippen molar-refractivity contribution in [3.8, 4) is 0 Å². The third-order valence-electron chi connectivity index (χ3n) is 1.10. The summed E-state index contributed by atoms with van der Waals surface area (Å²) in [5.41, 5.74) is -0.0337. The van der Waals surface area contributed by atoms with Crippen LogP contribution in [0.5, 0.6) is 0 Å². The molecule has 0 aromatic heterocycles. The molecule has 0 bridgehead atoms. The Morgan fingerprint density at radius 3 is 2.12 bits per heavy atom. The van der Waals surface area contributed by atoms with Crippen molar-refractivity contribution in [1.29, 1.82) is 5.39 Å². The van der Waals surface area contributed by atoms with Crippen LogP contribution in [-0.4, -0.2) is 17.5 Å². The summed E-state index contributed by atoms with van der Waals surface area (Å²) in [6.07, 6.45) is 0. The summed E-state index contributed by atoms with van der Waals surface area (Å²) in [5.74, 6) is -0.663. The van der Waals surface area contributed by atoms with Gasteiger partial charge in [-0.05, 0) is 6.07 Å². The Balaban J connectivity index is 0. The minimum absolute atomic E-state index is 0. The molecule has 0 heterocycles. The van der Waals surface area contributed by atoms with E-state index in [0.29, 0.717) is 0 Å². The maximum absolute atomic E-state index is 12.6. The Hall–Kier alpha value is -0.980. The van der Waals surface area contributed by atoms with E-state index in [4.69, 9.17) is 46.1 Å². The van der Waals surface area contributed by atoms with Crippen LogP contribution in [0, 0.1) is 11.2 Å². The Morgan fingerprint density at radius 2 is 1.75 bits per heavy atom. The van der Waals surface area contributed by atoms with Crippen LogP contribution >= 0.6 is 23.2 Å². The maximum atomic E-state index is 12.6. The van der Waals surface area contributed by atoms with E-state index < -0.39 is 16.2 Å². The number of nitrogens with zero attached hydrogens (tertiary/aromatic N) is 2. The first kappa shape index (κ1) is 15.0. The van der Waals surface area contributed by atoms with Gasteiger partial charge in [0.1, 0.15) is 10.8 Å². The molecule has 0 aliphatic carbocycles. The summed E-state index contributed by atoms with van der Waals surface area (Å²) in [5, 5.41) is 8.28. The molecule has 1 aromatic rings. The summed E-state index contributed by atoms with van der Waals surface area (Å²) < 4.78 is 46.7. The number of hydrogen-bond acceptors (Lipinski definition) is 5. The van der Waals surface area contributed by atoms with E-state index in [1.165, 1.54) is 6.07 Å². The van der Waals surface area contributed by atoms with Crippen molar-refractivity contribution in [1.82, 2.24) is 0 Å². The van der Waals surface area contributed by atoms with Crippen molar-refractivity contribution >= 4 is 39.3 Å². The largest absolute Gasteiger partial charge is 1.00 e. The highest BCUT2D eigenvalue weighted by atomic mass is 35.5. The third kappa shape index (κ3) is 6.49. The summed E-state index contributed by atoms with van der Waals surface area (Å²) in [6, 6.07) is 2.12. The molecule has 0 aliphatic rings. The minimum Gasteiger partial charge on any atom is -0.759 e. The van der Waals surface area contributed by atoms with Crippen molar-refractivity contribution in [2.45, 2.75) is 0 Å². The first-order valence-electron chi connectivity index (χ1n) is 3.31. The van der Waals surface area contributed by atoms with Crippen molar-refractivity contribution in [3.63, 3.8) is 0 Å². The highest BCUT2D eigenvalue weighted by Gasteiger charge is 2.15. The van der Waals surface area contributed by atoms with Crippen LogP contribution in [0.1, 0.15) is 1.43 Å². The van der Waals surface area contributed by atoms with Crippen LogP contribution in [0.25, 0.3) is 4.98 Å². The van der Waals surface area contributed by atoms with E-state index in [0.717, 1.165) is 6.07 Å². The van der Waals surface area contributed by atoms with E-state index in [-0.39, 0.29) is 17.2 Å². The fraction of sp³-hybridized carbons (Fsp3) is 0. The lowest BCUT2D eigenvalue weighted by atomic mass is 10.3. The van der Waals surface area contributed by atoms with Crippen LogP contribution < -0.4 is 0 Å². The average Bonchev–Trinajstić information content (AvgIpc) is 2.08. The second-order valence-corrected chi connectivity index (χ2v) is 3.86. The van der Waals surface area contributed by atoms with E-state index in [1.807, 2.05) is 0 Å². The zero-order valence-corrected chi connectivity index (χ0v) is 9.55. The smallest absolute Gasteiger partial charge is 0.759 e. The van der Waals surface area contributed by atoms with Gasteiger partial charge in [0.25, 0.3) is 0 Å². The highest BCUT2D eigenvalue weighted by molar-refractivity contribution is 7.79. The molecule has 0 N–H and O–H groups in total. The SMILES string of the molecule is N#[N+]c1cc(F)c(Cl)cc1Cl.O=S(=O)([O-])[O-].[H+]. The first-order valence-corrected chi connectivity index (χ1v) is 5.40. The zero-order valence-electron chi connectivity index (χ0n) is 8.22. The summed E-state index contributed by atoms with van der Waals surface area (Å²) in [7, 11) is -5.17. The summed E-state index contributed by atoms with van der Waals surface area (Å²) >= 11 is 10.9. The van der Waals surface area contributed by atoms with Crippen LogP contribution in [0.3, 0.4) is 0 Å². The molecule has 88 valence electrons. The molecule has 0 saturated heterocycles. The number of halogens is 3. The zero-order chi connectivity index (χ0) is 12.9. The molecule has 0 atom stereocenters. The Kier molecular flexibility index (Phi) is 5.57. The van der Waals surface area contributed by atoms with Gasteiger partial charge < -0.3 is 9.11 Å². The second kappa shape index (κ2) is 5.93. The van der Waals surface area contributed by atoms with Gasteiger partial charge >= 0.3 is 7.11 Å². The second-order valence-electron chi connectivity index (χ2n) is 2.23. The lowest BCUT2D eigenvalue weighted by Crippen LogP contribution is -1.91. The fourth-order valence-electron chi connectivity index (χ4n) is 0.589. The van der Waals surface area contributed by atoms with Crippen LogP contribution in [0.2, 0.25) is 10.0 Å². The Morgan fingerprint density at radius 1 is 1.31 bits per heavy atom. The normalized spacial score (nSPS) is 10.0. The van der Waals surface area contributed by atoms with Crippen LogP contribution in [0.15, 0.2) is 12.1 Å². The average molecular weight is 289 g/mol. The molecule has 1 aromatic carbocycles. The molecule has 1 rings (SSSR count). The predicted octanol–water partition coefficient (Wildman–Crippen LogP) is 2.39. The quantitative estimate of drug-likeness (QED) is 0.315. The number of rotatable bonds is 0. The maximum Gasteiger partial charge on any atom is 1.00 e. The van der Waals surface area contributed by atoms with Gasteiger partial charge in [-0.25, -0.2) is 4.39 Å². The van der Waals surface area contributed by atoms with Gasteiger partial charge in [-0.1, -0.05) is 23.2 Å². The standard InChI is InChI=1S/C6H2Cl2FN2.H2O4S/c7-3-1-4(8)6(11-10)2-5(3)9;1-5(2,3)4/h1-2H;(H2,1,2,3,4)/q+1;/p-1. The molecule has 0 spiro atoms. The van der Waals surface area contributed by atoms with Gasteiger partial charge in [-0.2, -0.15) is 0 Å². The molecule has 0 unspecified atom stereocenters. The summed E-state index contributed by atoms with van der Waals surface area (Å²) in [6.45, 7) is 0. The van der Waals surface area contributed by atoms with Crippen molar-refractivity contribution < 1.29 is 23.3 Å². The Bertz CT molecular complexity index is 526. The molecule has 0 amide bonds. The van der Waals surface area contributed by atoms with Gasteiger partial charge in [0.15, 0.2) is 4.98 Å². The molecule has 0 radical (unpaired) electrons. The van der Waals surface area contributed by atoms with E-state index in [2.05, 4.69) is 4.98 Å². The van der Waals surface area contributed by atoms with Crippen LogP contribution in [0.4, 0.5) is 10.1 Å². The number of benzene rings is 1. The molecule has 16 heavy (non-hydrogen) atoms. The topological polar surface area (TPSA) is 108 Å². The van der Waals surface area contributed by atoms with Crippen molar-refractivity contribution in [2.24, 2.45) is 0 Å². The fourth-order valence-corrected chi connectivity index (χ4v) is 1.01. The molecule has 6 nitrogen and oxygen atoms in total. The molecule has 0 saturated carbocycles. The van der Waals surface area contributed by atoms with Gasteiger partial charge in [0.05, 0.1) is 11.1 Å². The number of hydrogen-bond donors (Lipinski definition) is 0. The summed E-state index contributed by atoms with van der Waals surface area (Å²) in [4.78, 5) is 2.74. The number of diazo groups is 1. The molecular weight excluding hydrogens is 286 g/mol. The van der Waals surface area contributed by atoms with Crippen molar-refractivity contribution in [3.05, 3.63) is 33.0 Å². The molecule has 10 heteroatoms. The van der Waals surface area contributed by atoms with Gasteiger partial charge in [0.2, 0.25) is 5.39 Å². The van der Waals surface area contributed by atoms with Crippen molar-refractivity contribution in [2.75, 3.05) is 0 Å². The lowest BCUT2D eigenvalue weighted by molar-refractivity contribution is 0.352. The van der Waals surface area contributed by atoms with E-state index in [1.54, 1.807) is 0 Å². The first-order chi connectivity index (χ1) is 7.15. The predicted molar refractivity (Wildman–Crippen MR) is 52.8 cm³/mol. The molecular formula is C6H3Cl2FN2O4S. The minimum atomic E-state index is -5.17. The van der Waals surface area contributed by atoms with Gasteiger partial charge in [-0.3, -0.25) is 8.42 Å². The van der Waals surface area contributed by atoms with E-state index >= 15 is 0 Å². The molecule has 0 aliphatic heterocycles. The molecule has 0 fully saturated rings. The highest BCUT2D eigenvalue weighted by Crippen LogP contribution is 2.29. The lowest BCUT2D eigenvalue weighted by Gasteiger charge is -2.06. The van der Waals surface area contributed by atoms with Gasteiger partial charge in [0, 0.05) is 10.4 Å². The van der Waals surface area contributed by atoms with E-state index in [9.17, 15) is 4.39 Å². The monoisotopic (exact) mass is 288 g/mol.